The number of nitrogens with zero attached hydrogens (tertiary/aromatic N) is 1. The van der Waals surface area contributed by atoms with Crippen molar-refractivity contribution in [1.29, 1.82) is 0 Å². The van der Waals surface area contributed by atoms with Crippen molar-refractivity contribution in [2.75, 3.05) is 46.1 Å². The van der Waals surface area contributed by atoms with Crippen LogP contribution in [-0.2, 0) is 4.74 Å². The van der Waals surface area contributed by atoms with Gasteiger partial charge in [-0.1, -0.05) is 38.3 Å². The first-order chi connectivity index (χ1) is 13.1. The van der Waals surface area contributed by atoms with E-state index in [9.17, 15) is 4.79 Å². The number of morpholine rings is 1. The van der Waals surface area contributed by atoms with E-state index in [2.05, 4.69) is 24.1 Å². The van der Waals surface area contributed by atoms with Crippen molar-refractivity contribution >= 4 is 17.5 Å². The number of amides is 1. The summed E-state index contributed by atoms with van der Waals surface area (Å²) >= 11 is 6.26. The molecular formula is C20H29ClN2O4. The third-order valence-corrected chi connectivity index (χ3v) is 5.72. The SMILES string of the molecule is CCC(CC)C(CNC(=O)c1cc(Cl)c2c(c1)OCCO2)N1CCOCC1. The smallest absolute Gasteiger partial charge is 0.251 e. The molecule has 0 bridgehead atoms. The monoisotopic (exact) mass is 396 g/mol. The Morgan fingerprint density at radius 2 is 1.85 bits per heavy atom. The maximum absolute atomic E-state index is 12.8. The molecule has 2 aliphatic heterocycles. The molecule has 150 valence electrons. The number of carbonyl (C=O) groups is 1. The maximum Gasteiger partial charge on any atom is 0.251 e. The van der Waals surface area contributed by atoms with Crippen LogP contribution in [0.25, 0.3) is 0 Å². The zero-order chi connectivity index (χ0) is 19.2. The number of nitrogens with one attached hydrogen (secondary N) is 1. The fraction of sp³-hybridized carbons (Fsp3) is 0.650. The first kappa shape index (κ1) is 20.2. The Morgan fingerprint density at radius 1 is 1.15 bits per heavy atom. The van der Waals surface area contributed by atoms with Crippen molar-refractivity contribution < 1.29 is 19.0 Å². The van der Waals surface area contributed by atoms with E-state index in [1.165, 1.54) is 0 Å². The van der Waals surface area contributed by atoms with Gasteiger partial charge in [-0.3, -0.25) is 9.69 Å². The summed E-state index contributed by atoms with van der Waals surface area (Å²) in [6.07, 6.45) is 2.18. The maximum atomic E-state index is 12.8. The zero-order valence-electron chi connectivity index (χ0n) is 16.1. The minimum atomic E-state index is -0.141. The number of fused-ring (bicyclic) bond motifs is 1. The van der Waals surface area contributed by atoms with Gasteiger partial charge in [-0.15, -0.1) is 0 Å². The predicted octanol–water partition coefficient (Wildman–Crippen LogP) is 2.98. The fourth-order valence-electron chi connectivity index (χ4n) is 3.88. The summed E-state index contributed by atoms with van der Waals surface area (Å²) in [6, 6.07) is 3.66. The summed E-state index contributed by atoms with van der Waals surface area (Å²) in [4.78, 5) is 15.2. The predicted molar refractivity (Wildman–Crippen MR) is 105 cm³/mol. The quantitative estimate of drug-likeness (QED) is 0.767. The van der Waals surface area contributed by atoms with Gasteiger partial charge in [0.25, 0.3) is 5.91 Å². The van der Waals surface area contributed by atoms with Gasteiger partial charge in [0.15, 0.2) is 11.5 Å². The highest BCUT2D eigenvalue weighted by Crippen LogP contribution is 2.38. The highest BCUT2D eigenvalue weighted by atomic mass is 35.5. The summed E-state index contributed by atoms with van der Waals surface area (Å²) in [5, 5.41) is 3.51. The lowest BCUT2D eigenvalue weighted by Crippen LogP contribution is -2.52. The summed E-state index contributed by atoms with van der Waals surface area (Å²) in [5.74, 6) is 1.44. The van der Waals surface area contributed by atoms with Crippen molar-refractivity contribution in [3.8, 4) is 11.5 Å². The van der Waals surface area contributed by atoms with Crippen molar-refractivity contribution in [2.45, 2.75) is 32.7 Å². The number of rotatable bonds is 7. The van der Waals surface area contributed by atoms with Crippen LogP contribution >= 0.6 is 11.6 Å². The Morgan fingerprint density at radius 3 is 2.56 bits per heavy atom. The number of carbonyl (C=O) groups excluding carboxylic acids is 1. The van der Waals surface area contributed by atoms with E-state index in [-0.39, 0.29) is 5.91 Å². The van der Waals surface area contributed by atoms with Gasteiger partial charge in [-0.05, 0) is 18.1 Å². The van der Waals surface area contributed by atoms with Crippen LogP contribution in [0.15, 0.2) is 12.1 Å². The fourth-order valence-corrected chi connectivity index (χ4v) is 4.14. The second-order valence-corrected chi connectivity index (χ2v) is 7.39. The molecule has 1 aromatic carbocycles. The minimum absolute atomic E-state index is 0.141. The molecule has 6 nitrogen and oxygen atoms in total. The molecular weight excluding hydrogens is 368 g/mol. The molecule has 1 fully saturated rings. The van der Waals surface area contributed by atoms with E-state index in [1.807, 2.05) is 0 Å². The van der Waals surface area contributed by atoms with Crippen molar-refractivity contribution in [3.05, 3.63) is 22.7 Å². The van der Waals surface area contributed by atoms with E-state index in [1.54, 1.807) is 12.1 Å². The summed E-state index contributed by atoms with van der Waals surface area (Å²) in [6.45, 7) is 9.28. The molecule has 0 radical (unpaired) electrons. The molecule has 0 spiro atoms. The van der Waals surface area contributed by atoms with Crippen LogP contribution in [-0.4, -0.2) is 62.9 Å². The van der Waals surface area contributed by atoms with Crippen LogP contribution in [0.3, 0.4) is 0 Å². The third-order valence-electron chi connectivity index (χ3n) is 5.44. The van der Waals surface area contributed by atoms with E-state index in [0.29, 0.717) is 53.8 Å². The second-order valence-electron chi connectivity index (χ2n) is 6.98. The lowest BCUT2D eigenvalue weighted by molar-refractivity contribution is 0.00191. The molecule has 0 aliphatic carbocycles. The Hall–Kier alpha value is -1.50. The molecule has 1 N–H and O–H groups in total. The molecule has 2 aliphatic rings. The van der Waals surface area contributed by atoms with Gasteiger partial charge in [-0.25, -0.2) is 0 Å². The van der Waals surface area contributed by atoms with Crippen LogP contribution in [0.1, 0.15) is 37.0 Å². The summed E-state index contributed by atoms with van der Waals surface area (Å²) < 4.78 is 16.6. The van der Waals surface area contributed by atoms with E-state index < -0.39 is 0 Å². The lowest BCUT2D eigenvalue weighted by Gasteiger charge is -2.38. The number of ether oxygens (including phenoxy) is 3. The standard InChI is InChI=1S/C20H29ClN2O4/c1-3-14(4-2)17(23-5-7-25-8-6-23)13-22-20(24)15-11-16(21)19-18(12-15)26-9-10-27-19/h11-12,14,17H,3-10,13H2,1-2H3,(H,22,24). The Labute approximate surface area is 166 Å². The molecule has 3 rings (SSSR count). The van der Waals surface area contributed by atoms with E-state index >= 15 is 0 Å². The average molecular weight is 397 g/mol. The molecule has 1 aromatic rings. The van der Waals surface area contributed by atoms with E-state index in [0.717, 1.165) is 39.1 Å². The van der Waals surface area contributed by atoms with Gasteiger partial charge < -0.3 is 19.5 Å². The average Bonchev–Trinajstić information content (AvgIpc) is 2.71. The Balaban J connectivity index is 1.69. The largest absolute Gasteiger partial charge is 0.486 e. The Kier molecular flexibility index (Phi) is 7.21. The summed E-state index contributed by atoms with van der Waals surface area (Å²) in [5.41, 5.74) is 0.495. The topological polar surface area (TPSA) is 60.0 Å². The molecule has 27 heavy (non-hydrogen) atoms. The van der Waals surface area contributed by atoms with Gasteiger partial charge >= 0.3 is 0 Å². The molecule has 1 unspecified atom stereocenters. The third kappa shape index (κ3) is 4.86. The van der Waals surface area contributed by atoms with Gasteiger partial charge in [0, 0.05) is 31.2 Å². The van der Waals surface area contributed by atoms with Crippen LogP contribution in [0.2, 0.25) is 5.02 Å². The molecule has 0 aromatic heterocycles. The highest BCUT2D eigenvalue weighted by molar-refractivity contribution is 6.32. The summed E-state index contributed by atoms with van der Waals surface area (Å²) in [7, 11) is 0. The van der Waals surface area contributed by atoms with Crippen LogP contribution in [0, 0.1) is 5.92 Å². The molecule has 1 atom stereocenters. The van der Waals surface area contributed by atoms with Gasteiger partial charge in [-0.2, -0.15) is 0 Å². The molecule has 7 heteroatoms. The zero-order valence-corrected chi connectivity index (χ0v) is 16.9. The number of hydrogen-bond donors (Lipinski definition) is 1. The van der Waals surface area contributed by atoms with Crippen LogP contribution in [0.4, 0.5) is 0 Å². The second kappa shape index (κ2) is 9.62. The van der Waals surface area contributed by atoms with Crippen LogP contribution < -0.4 is 14.8 Å². The number of hydrogen-bond acceptors (Lipinski definition) is 5. The van der Waals surface area contributed by atoms with Gasteiger partial charge in [0.2, 0.25) is 0 Å². The van der Waals surface area contributed by atoms with Crippen molar-refractivity contribution in [2.24, 2.45) is 5.92 Å². The normalized spacial score (nSPS) is 18.4. The van der Waals surface area contributed by atoms with Gasteiger partial charge in [0.05, 0.1) is 18.2 Å². The highest BCUT2D eigenvalue weighted by Gasteiger charge is 2.28. The first-order valence-electron chi connectivity index (χ1n) is 9.83. The minimum Gasteiger partial charge on any atom is -0.486 e. The van der Waals surface area contributed by atoms with E-state index in [4.69, 9.17) is 25.8 Å². The molecule has 1 saturated heterocycles. The molecule has 0 saturated carbocycles. The molecule has 2 heterocycles. The van der Waals surface area contributed by atoms with Gasteiger partial charge in [0.1, 0.15) is 13.2 Å². The Bertz CT molecular complexity index is 645. The number of halogens is 1. The van der Waals surface area contributed by atoms with Crippen molar-refractivity contribution in [1.82, 2.24) is 10.2 Å². The lowest BCUT2D eigenvalue weighted by atomic mass is 9.92. The van der Waals surface area contributed by atoms with Crippen molar-refractivity contribution in [3.63, 3.8) is 0 Å². The first-order valence-corrected chi connectivity index (χ1v) is 10.2. The number of benzene rings is 1. The molecule has 1 amide bonds. The van der Waals surface area contributed by atoms with Crippen LogP contribution in [0.5, 0.6) is 11.5 Å².